The molecule has 1 aliphatic heterocycles. The van der Waals surface area contributed by atoms with Crippen LogP contribution in [0.4, 0.5) is 4.39 Å². The fourth-order valence-electron chi connectivity index (χ4n) is 4.73. The summed E-state index contributed by atoms with van der Waals surface area (Å²) in [6.07, 6.45) is 8.70. The third kappa shape index (κ3) is 3.95. The van der Waals surface area contributed by atoms with Crippen LogP contribution in [0.3, 0.4) is 0 Å². The average Bonchev–Trinajstić information content (AvgIpc) is 3.39. The summed E-state index contributed by atoms with van der Waals surface area (Å²) in [4.78, 5) is 15.1. The van der Waals surface area contributed by atoms with Gasteiger partial charge < -0.3 is 14.2 Å². The van der Waals surface area contributed by atoms with Gasteiger partial charge in [-0.05, 0) is 48.1 Å². The van der Waals surface area contributed by atoms with Crippen molar-refractivity contribution >= 4 is 16.8 Å². The number of aryl methyl sites for hydroxylation is 1. The molecule has 0 fully saturated rings. The molecule has 5 heteroatoms. The van der Waals surface area contributed by atoms with Crippen LogP contribution in [0.5, 0.6) is 5.75 Å². The summed E-state index contributed by atoms with van der Waals surface area (Å²) in [5, 5.41) is 0.828. The fraction of sp³-hybridized carbons (Fsp3) is 0.296. The minimum Gasteiger partial charge on any atom is -0.488 e. The molecule has 32 heavy (non-hydrogen) atoms. The van der Waals surface area contributed by atoms with Crippen LogP contribution in [0.25, 0.3) is 10.9 Å². The van der Waals surface area contributed by atoms with Gasteiger partial charge in [-0.1, -0.05) is 42.5 Å². The number of benzene rings is 2. The monoisotopic (exact) mass is 430 g/mol. The Morgan fingerprint density at radius 3 is 2.78 bits per heavy atom. The fourth-order valence-corrected chi connectivity index (χ4v) is 4.73. The number of amides is 1. The molecule has 0 atom stereocenters. The third-order valence-electron chi connectivity index (χ3n) is 6.39. The zero-order chi connectivity index (χ0) is 22.1. The van der Waals surface area contributed by atoms with E-state index in [9.17, 15) is 9.18 Å². The largest absolute Gasteiger partial charge is 0.488 e. The number of ether oxygens (including phenoxy) is 1. The number of hydrogen-bond acceptors (Lipinski definition) is 2. The van der Waals surface area contributed by atoms with Crippen molar-refractivity contribution in [2.24, 2.45) is 0 Å². The molecule has 2 aliphatic rings. The molecular formula is C27H27FN2O2. The standard InChI is InChI=1S/C27H27FN2O2/c1-2-29-17-22(12-26(31)30-15-20-10-6-7-11-21(20)16-30)27-24(29)13-23(28)14-25(27)32-18-19-8-4-3-5-9-19/h3-6,8-10,13-14,17H,2,7,11-12,15-16,18H2,1H3. The Hall–Kier alpha value is -3.34. The first-order valence-corrected chi connectivity index (χ1v) is 11.3. The number of fused-ring (bicyclic) bond motifs is 1. The second-order valence-electron chi connectivity index (χ2n) is 8.51. The minimum atomic E-state index is -0.338. The van der Waals surface area contributed by atoms with E-state index in [1.165, 1.54) is 23.3 Å². The quantitative estimate of drug-likeness (QED) is 0.524. The van der Waals surface area contributed by atoms with E-state index in [4.69, 9.17) is 4.74 Å². The van der Waals surface area contributed by atoms with Crippen molar-refractivity contribution in [1.82, 2.24) is 9.47 Å². The van der Waals surface area contributed by atoms with E-state index in [2.05, 4.69) is 12.2 Å². The number of carbonyl (C=O) groups excluding carboxylic acids is 1. The molecule has 0 saturated heterocycles. The van der Waals surface area contributed by atoms with Crippen molar-refractivity contribution in [3.63, 3.8) is 0 Å². The molecule has 0 spiro atoms. The molecule has 1 aromatic heterocycles. The highest BCUT2D eigenvalue weighted by molar-refractivity contribution is 5.94. The van der Waals surface area contributed by atoms with Crippen LogP contribution < -0.4 is 4.74 Å². The minimum absolute atomic E-state index is 0.0984. The molecule has 1 aliphatic carbocycles. The van der Waals surface area contributed by atoms with E-state index >= 15 is 0 Å². The van der Waals surface area contributed by atoms with Gasteiger partial charge in [0.25, 0.3) is 0 Å². The predicted molar refractivity (Wildman–Crippen MR) is 124 cm³/mol. The molecule has 3 aromatic rings. The van der Waals surface area contributed by atoms with Gasteiger partial charge in [0.1, 0.15) is 18.2 Å². The Labute approximate surface area is 187 Å². The van der Waals surface area contributed by atoms with Crippen LogP contribution in [0.1, 0.15) is 30.9 Å². The summed E-state index contributed by atoms with van der Waals surface area (Å²) in [5.74, 6) is 0.247. The van der Waals surface area contributed by atoms with Crippen molar-refractivity contribution in [3.05, 3.63) is 88.9 Å². The second kappa shape index (κ2) is 8.65. The van der Waals surface area contributed by atoms with Crippen LogP contribution >= 0.6 is 0 Å². The number of hydrogen-bond donors (Lipinski definition) is 0. The molecule has 0 saturated carbocycles. The maximum absolute atomic E-state index is 14.4. The van der Waals surface area contributed by atoms with Crippen LogP contribution in [0.2, 0.25) is 0 Å². The highest BCUT2D eigenvalue weighted by atomic mass is 19.1. The molecule has 2 aromatic carbocycles. The normalized spacial score (nSPS) is 15.5. The van der Waals surface area contributed by atoms with Crippen molar-refractivity contribution in [2.75, 3.05) is 13.1 Å². The van der Waals surface area contributed by atoms with Crippen LogP contribution in [0, 0.1) is 5.82 Å². The number of allylic oxidation sites excluding steroid dienone is 1. The van der Waals surface area contributed by atoms with E-state index in [1.807, 2.05) is 52.9 Å². The van der Waals surface area contributed by atoms with E-state index in [0.717, 1.165) is 41.4 Å². The molecule has 2 heterocycles. The Kier molecular flexibility index (Phi) is 5.56. The summed E-state index contributed by atoms with van der Waals surface area (Å²) in [6.45, 7) is 4.46. The first-order chi connectivity index (χ1) is 15.6. The third-order valence-corrected chi connectivity index (χ3v) is 6.39. The maximum atomic E-state index is 14.4. The summed E-state index contributed by atoms with van der Waals surface area (Å²) in [6, 6.07) is 12.8. The van der Waals surface area contributed by atoms with Crippen LogP contribution in [0.15, 0.2) is 72.0 Å². The van der Waals surface area contributed by atoms with Crippen LogP contribution in [-0.2, 0) is 24.4 Å². The number of rotatable bonds is 6. The molecule has 1 amide bonds. The van der Waals surface area contributed by atoms with Gasteiger partial charge in [-0.25, -0.2) is 4.39 Å². The highest BCUT2D eigenvalue weighted by Crippen LogP contribution is 2.34. The Balaban J connectivity index is 1.43. The lowest BCUT2D eigenvalue weighted by Gasteiger charge is -2.17. The van der Waals surface area contributed by atoms with Gasteiger partial charge in [0, 0.05) is 37.3 Å². The Bertz CT molecular complexity index is 1220. The molecule has 4 nitrogen and oxygen atoms in total. The highest BCUT2D eigenvalue weighted by Gasteiger charge is 2.27. The Morgan fingerprint density at radius 1 is 1.16 bits per heavy atom. The van der Waals surface area contributed by atoms with Crippen molar-refractivity contribution in [2.45, 2.75) is 39.3 Å². The average molecular weight is 431 g/mol. The number of carbonyl (C=O) groups is 1. The van der Waals surface area contributed by atoms with Gasteiger partial charge in [-0.2, -0.15) is 0 Å². The number of aromatic nitrogens is 1. The maximum Gasteiger partial charge on any atom is 0.227 e. The summed E-state index contributed by atoms with van der Waals surface area (Å²) >= 11 is 0. The SMILES string of the molecule is CCn1cc(CC(=O)N2CC3=C(CCC=C3)C2)c2c(OCc3ccccc3)cc(F)cc21. The van der Waals surface area contributed by atoms with Crippen molar-refractivity contribution in [1.29, 1.82) is 0 Å². The van der Waals surface area contributed by atoms with Gasteiger partial charge in [0.05, 0.1) is 11.9 Å². The summed E-state index contributed by atoms with van der Waals surface area (Å²) in [7, 11) is 0. The number of halogens is 1. The van der Waals surface area contributed by atoms with Gasteiger partial charge in [-0.3, -0.25) is 4.79 Å². The van der Waals surface area contributed by atoms with Gasteiger partial charge >= 0.3 is 0 Å². The zero-order valence-electron chi connectivity index (χ0n) is 18.3. The summed E-state index contributed by atoms with van der Waals surface area (Å²) in [5.41, 5.74) is 5.33. The van der Waals surface area contributed by atoms with Crippen LogP contribution in [-0.4, -0.2) is 28.5 Å². The van der Waals surface area contributed by atoms with Crippen molar-refractivity contribution < 1.29 is 13.9 Å². The molecule has 164 valence electrons. The van der Waals surface area contributed by atoms with E-state index in [1.54, 1.807) is 0 Å². The van der Waals surface area contributed by atoms with Crippen molar-refractivity contribution in [3.8, 4) is 5.75 Å². The topological polar surface area (TPSA) is 34.5 Å². The Morgan fingerprint density at radius 2 is 2.00 bits per heavy atom. The smallest absolute Gasteiger partial charge is 0.227 e. The lowest BCUT2D eigenvalue weighted by atomic mass is 10.0. The molecular weight excluding hydrogens is 403 g/mol. The molecule has 0 bridgehead atoms. The lowest BCUT2D eigenvalue weighted by Crippen LogP contribution is -2.30. The summed E-state index contributed by atoms with van der Waals surface area (Å²) < 4.78 is 22.5. The van der Waals surface area contributed by atoms with E-state index in [-0.39, 0.29) is 18.1 Å². The van der Waals surface area contributed by atoms with Gasteiger partial charge in [0.15, 0.2) is 0 Å². The second-order valence-corrected chi connectivity index (χ2v) is 8.51. The molecule has 5 rings (SSSR count). The molecule has 0 N–H and O–H groups in total. The first kappa shape index (κ1) is 20.6. The lowest BCUT2D eigenvalue weighted by molar-refractivity contribution is -0.129. The van der Waals surface area contributed by atoms with Gasteiger partial charge in [-0.15, -0.1) is 0 Å². The zero-order valence-corrected chi connectivity index (χ0v) is 18.3. The number of nitrogens with zero attached hydrogens (tertiary/aromatic N) is 2. The predicted octanol–water partition coefficient (Wildman–Crippen LogP) is 5.41. The first-order valence-electron chi connectivity index (χ1n) is 11.3. The van der Waals surface area contributed by atoms with E-state index in [0.29, 0.717) is 25.4 Å². The molecule has 0 radical (unpaired) electrons. The van der Waals surface area contributed by atoms with E-state index < -0.39 is 0 Å². The van der Waals surface area contributed by atoms with Gasteiger partial charge in [0.2, 0.25) is 5.91 Å². The molecule has 0 unspecified atom stereocenters.